The molecule has 1 amide bonds. The van der Waals surface area contributed by atoms with Crippen molar-refractivity contribution in [3.8, 4) is 11.3 Å². The molecule has 186 valence electrons. The van der Waals surface area contributed by atoms with E-state index >= 15 is 0 Å². The Labute approximate surface area is 202 Å². The molecule has 0 radical (unpaired) electrons. The molecule has 0 aliphatic heterocycles. The first kappa shape index (κ1) is 23.9. The molecule has 2 N–H and O–H groups in total. The summed E-state index contributed by atoms with van der Waals surface area (Å²) in [5, 5.41) is 2.86. The average molecular weight is 517 g/mol. The van der Waals surface area contributed by atoms with E-state index in [2.05, 4.69) is 25.0 Å². The van der Waals surface area contributed by atoms with E-state index in [1.807, 2.05) is 0 Å². The van der Waals surface area contributed by atoms with Crippen LogP contribution in [0.5, 0.6) is 0 Å². The summed E-state index contributed by atoms with van der Waals surface area (Å²) in [6.45, 7) is -0.0330. The largest absolute Gasteiger partial charge is 0.443 e. The van der Waals surface area contributed by atoms with Gasteiger partial charge in [-0.2, -0.15) is 17.9 Å². The van der Waals surface area contributed by atoms with E-state index in [1.54, 1.807) is 0 Å². The maximum Gasteiger partial charge on any atom is 0.416 e. The number of rotatable bonds is 7. The number of carbonyl (C=O) groups excluding carboxylic acids is 1. The van der Waals surface area contributed by atoms with Gasteiger partial charge in [0.25, 0.3) is 10.0 Å². The summed E-state index contributed by atoms with van der Waals surface area (Å²) in [6, 6.07) is 8.93. The standard InChI is InChI=1S/C23H18F3N5O4S/c24-23(25,26)16-3-1-14(2-4-16)18-10-17(29-13-30-18)12-28-21(32)22(6-7-22)31-36(33,34)20-9-15-11-27-8-5-19(15)35-20/h1-5,8-11,13,31H,6-7,12H2,(H,28,32). The molecule has 13 heteroatoms. The molecule has 0 atom stereocenters. The predicted octanol–water partition coefficient (Wildman–Crippen LogP) is 3.43. The normalized spacial score (nSPS) is 15.1. The number of benzene rings is 1. The molecule has 36 heavy (non-hydrogen) atoms. The first-order valence-electron chi connectivity index (χ1n) is 10.7. The first-order valence-corrected chi connectivity index (χ1v) is 12.2. The number of nitrogens with one attached hydrogen (secondary N) is 2. The van der Waals surface area contributed by atoms with Crippen molar-refractivity contribution in [2.75, 3.05) is 0 Å². The first-order chi connectivity index (χ1) is 17.1. The molecule has 1 saturated carbocycles. The fraction of sp³-hybridized carbons (Fsp3) is 0.217. The predicted molar refractivity (Wildman–Crippen MR) is 121 cm³/mol. The molecule has 1 aromatic carbocycles. The van der Waals surface area contributed by atoms with Crippen LogP contribution in [0, 0.1) is 0 Å². The molecule has 5 rings (SSSR count). The molecule has 9 nitrogen and oxygen atoms in total. The number of alkyl halides is 3. The average Bonchev–Trinajstić information content (AvgIpc) is 3.48. The number of pyridine rings is 1. The number of furan rings is 1. The van der Waals surface area contributed by atoms with Gasteiger partial charge < -0.3 is 9.73 Å². The third-order valence-corrected chi connectivity index (χ3v) is 7.13. The van der Waals surface area contributed by atoms with Gasteiger partial charge in [0.05, 0.1) is 23.5 Å². The molecule has 3 aromatic heterocycles. The summed E-state index contributed by atoms with van der Waals surface area (Å²) in [5.74, 6) is -0.529. The summed E-state index contributed by atoms with van der Waals surface area (Å²) >= 11 is 0. The number of hydrogen-bond donors (Lipinski definition) is 2. The van der Waals surface area contributed by atoms with Crippen LogP contribution in [0.2, 0.25) is 0 Å². The Bertz CT molecular complexity index is 1520. The van der Waals surface area contributed by atoms with E-state index in [-0.39, 0.29) is 11.6 Å². The number of sulfonamides is 1. The number of hydrogen-bond acceptors (Lipinski definition) is 7. The van der Waals surface area contributed by atoms with E-state index in [0.717, 1.165) is 12.1 Å². The Balaban J connectivity index is 1.26. The lowest BCUT2D eigenvalue weighted by Gasteiger charge is -2.16. The van der Waals surface area contributed by atoms with Crippen LogP contribution < -0.4 is 10.0 Å². The van der Waals surface area contributed by atoms with Crippen LogP contribution in [0.4, 0.5) is 13.2 Å². The number of aromatic nitrogens is 3. The second kappa shape index (κ2) is 8.68. The molecule has 0 bridgehead atoms. The van der Waals surface area contributed by atoms with Crippen molar-refractivity contribution in [1.29, 1.82) is 0 Å². The number of carbonyl (C=O) groups is 1. The third kappa shape index (κ3) is 4.79. The van der Waals surface area contributed by atoms with Crippen molar-refractivity contribution in [2.24, 2.45) is 0 Å². The van der Waals surface area contributed by atoms with Gasteiger partial charge in [0.1, 0.15) is 17.4 Å². The van der Waals surface area contributed by atoms with Gasteiger partial charge in [0.2, 0.25) is 11.0 Å². The number of amides is 1. The minimum absolute atomic E-state index is 0.0330. The minimum atomic E-state index is -4.44. The monoisotopic (exact) mass is 517 g/mol. The third-order valence-electron chi connectivity index (χ3n) is 5.74. The summed E-state index contributed by atoms with van der Waals surface area (Å²) < 4.78 is 71.9. The quantitative estimate of drug-likeness (QED) is 0.385. The van der Waals surface area contributed by atoms with Gasteiger partial charge in [-0.25, -0.2) is 18.4 Å². The van der Waals surface area contributed by atoms with Crippen molar-refractivity contribution in [1.82, 2.24) is 25.0 Å². The summed E-state index contributed by atoms with van der Waals surface area (Å²) in [5.41, 5.74) is -0.498. The van der Waals surface area contributed by atoms with E-state index in [1.165, 1.54) is 49.1 Å². The van der Waals surface area contributed by atoms with E-state index in [0.29, 0.717) is 40.8 Å². The van der Waals surface area contributed by atoms with Crippen molar-refractivity contribution < 1.29 is 30.8 Å². The highest BCUT2D eigenvalue weighted by molar-refractivity contribution is 7.89. The highest BCUT2D eigenvalue weighted by atomic mass is 32.2. The lowest BCUT2D eigenvalue weighted by atomic mass is 10.1. The lowest BCUT2D eigenvalue weighted by molar-refractivity contribution is -0.137. The maximum atomic E-state index is 12.8. The van der Waals surface area contributed by atoms with E-state index in [9.17, 15) is 26.4 Å². The zero-order chi connectivity index (χ0) is 25.6. The van der Waals surface area contributed by atoms with Crippen LogP contribution in [0.15, 0.2) is 70.7 Å². The van der Waals surface area contributed by atoms with E-state index < -0.39 is 33.2 Å². The van der Waals surface area contributed by atoms with Crippen LogP contribution in [0.25, 0.3) is 22.2 Å². The summed E-state index contributed by atoms with van der Waals surface area (Å²) in [7, 11) is -4.11. The molecular formula is C23H18F3N5O4S. The maximum absolute atomic E-state index is 12.8. The summed E-state index contributed by atoms with van der Waals surface area (Å²) in [6.07, 6.45) is 0.350. The topological polar surface area (TPSA) is 127 Å². The SMILES string of the molecule is O=C(NCc1cc(-c2ccc(C(F)(F)F)cc2)ncn1)C1(NS(=O)(=O)c2cc3cnccc3o2)CC1. The van der Waals surface area contributed by atoms with Gasteiger partial charge in [0, 0.05) is 29.4 Å². The molecular weight excluding hydrogens is 499 g/mol. The summed E-state index contributed by atoms with van der Waals surface area (Å²) in [4.78, 5) is 24.9. The second-order valence-corrected chi connectivity index (χ2v) is 9.93. The van der Waals surface area contributed by atoms with Crippen LogP contribution in [-0.2, 0) is 27.5 Å². The van der Waals surface area contributed by atoms with E-state index in [4.69, 9.17) is 4.42 Å². The van der Waals surface area contributed by atoms with Crippen LogP contribution in [0.3, 0.4) is 0 Å². The fourth-order valence-electron chi connectivity index (χ4n) is 3.62. The molecule has 3 heterocycles. The van der Waals surface area contributed by atoms with Crippen molar-refractivity contribution >= 4 is 26.9 Å². The number of nitrogens with zero attached hydrogens (tertiary/aromatic N) is 3. The van der Waals surface area contributed by atoms with Gasteiger partial charge in [0.15, 0.2) is 0 Å². The second-order valence-electron chi connectivity index (χ2n) is 8.32. The lowest BCUT2D eigenvalue weighted by Crippen LogP contribution is -2.48. The smallest absolute Gasteiger partial charge is 0.416 e. The van der Waals surface area contributed by atoms with Crippen molar-refractivity contribution in [3.63, 3.8) is 0 Å². The van der Waals surface area contributed by atoms with Gasteiger partial charge in [-0.3, -0.25) is 9.78 Å². The zero-order valence-corrected chi connectivity index (χ0v) is 19.2. The Morgan fingerprint density at radius 2 is 1.83 bits per heavy atom. The van der Waals surface area contributed by atoms with Crippen LogP contribution in [0.1, 0.15) is 24.1 Å². The highest BCUT2D eigenvalue weighted by Gasteiger charge is 2.53. The molecule has 0 saturated heterocycles. The Hall–Kier alpha value is -3.84. The van der Waals surface area contributed by atoms with Gasteiger partial charge in [-0.05, 0) is 37.1 Å². The Morgan fingerprint density at radius 3 is 2.50 bits per heavy atom. The van der Waals surface area contributed by atoms with Gasteiger partial charge in [-0.15, -0.1) is 0 Å². The number of halogens is 3. The Kier molecular flexibility index (Phi) is 5.75. The van der Waals surface area contributed by atoms with Gasteiger partial charge >= 0.3 is 6.18 Å². The zero-order valence-electron chi connectivity index (χ0n) is 18.4. The minimum Gasteiger partial charge on any atom is -0.443 e. The molecule has 1 fully saturated rings. The van der Waals surface area contributed by atoms with Crippen LogP contribution >= 0.6 is 0 Å². The fourth-order valence-corrected chi connectivity index (χ4v) is 5.02. The van der Waals surface area contributed by atoms with Gasteiger partial charge in [-0.1, -0.05) is 12.1 Å². The molecule has 0 unspecified atom stereocenters. The van der Waals surface area contributed by atoms with Crippen LogP contribution in [-0.4, -0.2) is 34.8 Å². The van der Waals surface area contributed by atoms with Crippen molar-refractivity contribution in [2.45, 2.75) is 36.2 Å². The molecule has 4 aromatic rings. The molecule has 1 aliphatic carbocycles. The molecule has 1 aliphatic rings. The Morgan fingerprint density at radius 1 is 1.08 bits per heavy atom. The molecule has 0 spiro atoms. The highest BCUT2D eigenvalue weighted by Crippen LogP contribution is 2.38. The van der Waals surface area contributed by atoms with Crippen molar-refractivity contribution in [3.05, 3.63) is 72.4 Å². The number of fused-ring (bicyclic) bond motifs is 1.